The van der Waals surface area contributed by atoms with Crippen molar-refractivity contribution >= 4 is 86.3 Å². The van der Waals surface area contributed by atoms with E-state index in [9.17, 15) is 28.7 Å². The molecular formula is C39H55CaN6O9PS2. The molecule has 4 amide bonds. The van der Waals surface area contributed by atoms with Gasteiger partial charge in [0.2, 0.25) is 5.91 Å². The van der Waals surface area contributed by atoms with Crippen LogP contribution in [0.15, 0.2) is 77.8 Å². The van der Waals surface area contributed by atoms with Gasteiger partial charge in [0, 0.05) is 30.6 Å². The molecule has 0 radical (unpaired) electrons. The number of aromatic nitrogens is 2. The molecular weight excluding hydrogens is 832 g/mol. The molecule has 5 N–H and O–H groups in total. The number of thiazole rings is 2. The number of urea groups is 1. The van der Waals surface area contributed by atoms with Crippen LogP contribution in [0.3, 0.4) is 0 Å². The van der Waals surface area contributed by atoms with Crippen LogP contribution in [0.25, 0.3) is 0 Å². The Hall–Kier alpha value is -2.96. The molecule has 0 saturated carbocycles. The molecule has 0 aliphatic carbocycles. The van der Waals surface area contributed by atoms with Gasteiger partial charge >= 0.3 is 57.7 Å². The fourth-order valence-corrected chi connectivity index (χ4v) is 7.75. The predicted octanol–water partition coefficient (Wildman–Crippen LogP) is 5.47. The van der Waals surface area contributed by atoms with Crippen LogP contribution in [0.2, 0.25) is 0 Å². The van der Waals surface area contributed by atoms with Gasteiger partial charge in [0.25, 0.3) is 0 Å². The number of benzene rings is 2. The van der Waals surface area contributed by atoms with Crippen LogP contribution >= 0.6 is 30.5 Å². The number of carbonyl (C=O) groups excluding carboxylic acids is 3. The molecule has 4 rings (SSSR count). The van der Waals surface area contributed by atoms with Crippen LogP contribution < -0.4 is 16.0 Å². The van der Waals surface area contributed by atoms with E-state index in [0.29, 0.717) is 6.42 Å². The molecule has 0 saturated heterocycles. The molecule has 2 heterocycles. The van der Waals surface area contributed by atoms with Crippen LogP contribution in [0.1, 0.15) is 73.7 Å². The van der Waals surface area contributed by atoms with Crippen molar-refractivity contribution in [2.75, 3.05) is 7.05 Å². The first-order chi connectivity index (χ1) is 27.1. The van der Waals surface area contributed by atoms with E-state index in [-0.39, 0.29) is 75.6 Å². The number of ether oxygens (including phenoxy) is 2. The average molecular weight is 887 g/mol. The van der Waals surface area contributed by atoms with E-state index in [0.717, 1.165) is 26.7 Å². The Kier molecular flexibility index (Phi) is 20.7. The fourth-order valence-electron chi connectivity index (χ4n) is 5.98. The molecule has 314 valence electrons. The van der Waals surface area contributed by atoms with Crippen molar-refractivity contribution in [1.29, 1.82) is 0 Å². The topological polar surface area (TPSA) is 202 Å². The Morgan fingerprint density at radius 2 is 1.53 bits per heavy atom. The number of carbonyl (C=O) groups is 3. The molecule has 19 heteroatoms. The van der Waals surface area contributed by atoms with Gasteiger partial charge in [-0.2, -0.15) is 0 Å². The third kappa shape index (κ3) is 17.3. The zero-order valence-corrected chi connectivity index (χ0v) is 35.5. The third-order valence-electron chi connectivity index (χ3n) is 8.76. The van der Waals surface area contributed by atoms with Gasteiger partial charge in [0.15, 0.2) is 6.29 Å². The van der Waals surface area contributed by atoms with Crippen LogP contribution in [0, 0.1) is 5.92 Å². The van der Waals surface area contributed by atoms with Crippen LogP contribution in [-0.2, 0) is 49.4 Å². The Bertz CT molecular complexity index is 1890. The summed E-state index contributed by atoms with van der Waals surface area (Å²) in [6.45, 7) is 9.35. The zero-order valence-electron chi connectivity index (χ0n) is 32.9. The number of phosphoric ester groups is 1. The standard InChI is InChI=1S/C39H53N6O9PS2.Ca.2H/c1-25(2)35(44-38(47)45(6)21-31-23-56-37(42-31)26(3)4)36(46)41-30(17-28-13-9-7-10-14-28)19-34(53-27(5)54-55(49,50)51)33(18-29-15-11-8-12-16-29)43-39(48)52-22-32-20-40-24-57-32;;;/h7-16,20,23-27,30,33-35H,17-19,21-22H2,1-6H3,(H,41,46)(H,43,48)(H,44,47)(H2,49,50,51);;;/t27?,30-,33-,34-,35-;;;/m0.../s1. The summed E-state index contributed by atoms with van der Waals surface area (Å²) < 4.78 is 28.5. The first-order valence-electron chi connectivity index (χ1n) is 18.6. The summed E-state index contributed by atoms with van der Waals surface area (Å²) in [4.78, 5) is 71.0. The van der Waals surface area contributed by atoms with Gasteiger partial charge in [-0.1, -0.05) is 88.4 Å². The van der Waals surface area contributed by atoms with Crippen molar-refractivity contribution < 1.29 is 42.7 Å². The summed E-state index contributed by atoms with van der Waals surface area (Å²) in [6, 6.07) is 15.8. The first-order valence-corrected chi connectivity index (χ1v) is 21.9. The second-order valence-corrected chi connectivity index (χ2v) is 17.4. The third-order valence-corrected chi connectivity index (χ3v) is 11.3. The van der Waals surface area contributed by atoms with Crippen LogP contribution in [0.5, 0.6) is 0 Å². The van der Waals surface area contributed by atoms with Crippen LogP contribution in [-0.4, -0.2) is 118 Å². The van der Waals surface area contributed by atoms with Crippen molar-refractivity contribution in [3.63, 3.8) is 0 Å². The normalized spacial score (nSPS) is 14.1. The van der Waals surface area contributed by atoms with E-state index in [4.69, 9.17) is 14.0 Å². The Balaban J connectivity index is 0.00000900. The molecule has 0 aliphatic heterocycles. The van der Waals surface area contributed by atoms with Crippen molar-refractivity contribution in [1.82, 2.24) is 30.8 Å². The van der Waals surface area contributed by atoms with Crippen molar-refractivity contribution in [2.24, 2.45) is 5.92 Å². The van der Waals surface area contributed by atoms with Crippen molar-refractivity contribution in [3.8, 4) is 0 Å². The van der Waals surface area contributed by atoms with Gasteiger partial charge in [-0.15, -0.1) is 22.7 Å². The van der Waals surface area contributed by atoms with Crippen molar-refractivity contribution in [2.45, 2.75) is 103 Å². The minimum absolute atomic E-state index is 0. The molecule has 5 atom stereocenters. The number of phosphoric acid groups is 1. The summed E-state index contributed by atoms with van der Waals surface area (Å²) in [5.74, 6) is -0.491. The monoisotopic (exact) mass is 886 g/mol. The predicted molar refractivity (Wildman–Crippen MR) is 227 cm³/mol. The molecule has 2 aromatic carbocycles. The molecule has 2 aromatic heterocycles. The second-order valence-electron chi connectivity index (χ2n) is 14.3. The summed E-state index contributed by atoms with van der Waals surface area (Å²) in [6.07, 6.45) is -0.997. The molecule has 4 aromatic rings. The maximum atomic E-state index is 14.2. The van der Waals surface area contributed by atoms with E-state index in [1.165, 1.54) is 34.5 Å². The van der Waals surface area contributed by atoms with E-state index in [1.54, 1.807) is 18.8 Å². The Morgan fingerprint density at radius 1 is 0.897 bits per heavy atom. The number of alkyl carbamates (subject to hydrolysis) is 1. The SMILES string of the molecule is CC(O[C@@H](C[C@H](Cc1ccccc1)NC(=O)[C@@H](NC(=O)N(C)Cc1csc(C(C)C)n1)C(C)C)[C@H](Cc1ccccc1)NC(=O)OCc1cncs1)OP(=O)(O)O.[CaH2]. The van der Waals surface area contributed by atoms with E-state index in [1.807, 2.05) is 79.9 Å². The van der Waals surface area contributed by atoms with Gasteiger partial charge in [-0.05, 0) is 43.2 Å². The number of hydrogen-bond acceptors (Lipinski definition) is 11. The number of hydrogen-bond donors (Lipinski definition) is 5. The van der Waals surface area contributed by atoms with Crippen molar-refractivity contribution in [3.05, 3.63) is 104 Å². The molecule has 15 nitrogen and oxygen atoms in total. The Morgan fingerprint density at radius 3 is 2.09 bits per heavy atom. The van der Waals surface area contributed by atoms with Crippen LogP contribution in [0.4, 0.5) is 9.59 Å². The van der Waals surface area contributed by atoms with E-state index in [2.05, 4.69) is 39.8 Å². The Labute approximate surface area is 377 Å². The fraction of sp³-hybridized carbons (Fsp3) is 0.462. The molecule has 58 heavy (non-hydrogen) atoms. The number of rotatable bonds is 21. The average Bonchev–Trinajstić information content (AvgIpc) is 3.85. The summed E-state index contributed by atoms with van der Waals surface area (Å²) in [5, 5.41) is 11.8. The summed E-state index contributed by atoms with van der Waals surface area (Å²) >= 11 is 2.87. The number of amides is 4. The van der Waals surface area contributed by atoms with Gasteiger partial charge in [0.05, 0.1) is 39.8 Å². The molecule has 0 spiro atoms. The second kappa shape index (κ2) is 24.3. The molecule has 0 bridgehead atoms. The number of nitrogens with zero attached hydrogens (tertiary/aromatic N) is 3. The summed E-state index contributed by atoms with van der Waals surface area (Å²) in [5.41, 5.74) is 4.09. The van der Waals surface area contributed by atoms with E-state index >= 15 is 0 Å². The maximum absolute atomic E-state index is 14.2. The van der Waals surface area contributed by atoms with Gasteiger partial charge in [0.1, 0.15) is 12.6 Å². The quantitative estimate of drug-likeness (QED) is 0.0404. The van der Waals surface area contributed by atoms with E-state index < -0.39 is 56.4 Å². The number of nitrogens with one attached hydrogen (secondary N) is 3. The molecule has 0 aliphatic rings. The van der Waals surface area contributed by atoms with Gasteiger partial charge in [-0.25, -0.2) is 19.1 Å². The zero-order chi connectivity index (χ0) is 41.5. The minimum atomic E-state index is -4.98. The van der Waals surface area contributed by atoms with Gasteiger partial charge in [-0.3, -0.25) is 14.3 Å². The molecule has 0 fully saturated rings. The van der Waals surface area contributed by atoms with Gasteiger partial charge < -0.3 is 40.1 Å². The summed E-state index contributed by atoms with van der Waals surface area (Å²) in [7, 11) is -3.34. The first kappa shape index (κ1) is 49.4. The molecule has 1 unspecified atom stereocenters.